The number of amides is 1. The predicted molar refractivity (Wildman–Crippen MR) is 133 cm³/mol. The highest BCUT2D eigenvalue weighted by Crippen LogP contribution is 2.39. The van der Waals surface area contributed by atoms with E-state index >= 15 is 0 Å². The first-order valence-electron chi connectivity index (χ1n) is 11.7. The minimum atomic E-state index is -0.612. The van der Waals surface area contributed by atoms with E-state index in [4.69, 9.17) is 4.74 Å². The van der Waals surface area contributed by atoms with Gasteiger partial charge in [-0.3, -0.25) is 9.59 Å². The van der Waals surface area contributed by atoms with Crippen LogP contribution < -0.4 is 10.1 Å². The fraction of sp³-hybridized carbons (Fsp3) is 0.500. The zero-order valence-corrected chi connectivity index (χ0v) is 21.0. The van der Waals surface area contributed by atoms with Gasteiger partial charge in [-0.1, -0.05) is 60.6 Å². The summed E-state index contributed by atoms with van der Waals surface area (Å²) in [6.07, 6.45) is 1.94. The molecule has 0 radical (unpaired) electrons. The molecule has 0 aliphatic heterocycles. The van der Waals surface area contributed by atoms with Crippen molar-refractivity contribution in [3.8, 4) is 5.75 Å². The molecule has 32 heavy (non-hydrogen) atoms. The Morgan fingerprint density at radius 2 is 1.50 bits per heavy atom. The maximum atomic E-state index is 13.0. The number of ether oxygens (including phenoxy) is 1. The van der Waals surface area contributed by atoms with Crippen molar-refractivity contribution in [1.82, 2.24) is 0 Å². The van der Waals surface area contributed by atoms with E-state index < -0.39 is 6.10 Å². The minimum Gasteiger partial charge on any atom is -0.480 e. The van der Waals surface area contributed by atoms with Crippen molar-refractivity contribution in [3.63, 3.8) is 0 Å². The van der Waals surface area contributed by atoms with Crippen LogP contribution in [-0.2, 0) is 15.6 Å². The van der Waals surface area contributed by atoms with Crippen LogP contribution in [0.4, 0.5) is 5.69 Å². The number of Topliss-reactive ketones (excluding diaryl/α,β-unsaturated/α-hetero) is 1. The second kappa shape index (κ2) is 10.3. The van der Waals surface area contributed by atoms with Crippen molar-refractivity contribution < 1.29 is 14.3 Å². The molecule has 2 aromatic carbocycles. The first-order chi connectivity index (χ1) is 14.9. The maximum absolute atomic E-state index is 13.0. The molecule has 0 fully saturated rings. The Kier molecular flexibility index (Phi) is 8.28. The second-order valence-corrected chi connectivity index (χ2v) is 9.82. The molecule has 2 aromatic rings. The van der Waals surface area contributed by atoms with E-state index in [1.807, 2.05) is 13.0 Å². The molecular weight excluding hydrogens is 398 g/mol. The molecule has 0 heterocycles. The number of hydrogen-bond acceptors (Lipinski definition) is 3. The van der Waals surface area contributed by atoms with Crippen molar-refractivity contribution in [1.29, 1.82) is 0 Å². The van der Waals surface area contributed by atoms with Crippen LogP contribution in [0.1, 0.15) is 96.1 Å². The number of carbonyl (C=O) groups is 2. The van der Waals surface area contributed by atoms with Gasteiger partial charge in [0.2, 0.25) is 0 Å². The van der Waals surface area contributed by atoms with Gasteiger partial charge in [0.25, 0.3) is 5.91 Å². The summed E-state index contributed by atoms with van der Waals surface area (Å²) in [5, 5.41) is 2.92. The van der Waals surface area contributed by atoms with E-state index in [1.165, 1.54) is 12.5 Å². The average Bonchev–Trinajstić information content (AvgIpc) is 2.77. The molecule has 4 heteroatoms. The van der Waals surface area contributed by atoms with E-state index in [0.29, 0.717) is 17.7 Å². The lowest BCUT2D eigenvalue weighted by Crippen LogP contribution is -2.33. The molecule has 174 valence electrons. The zero-order chi connectivity index (χ0) is 24.1. The van der Waals surface area contributed by atoms with Crippen molar-refractivity contribution in [2.24, 2.45) is 0 Å². The molecule has 0 saturated carbocycles. The summed E-state index contributed by atoms with van der Waals surface area (Å²) >= 11 is 0. The quantitative estimate of drug-likeness (QED) is 0.405. The summed E-state index contributed by atoms with van der Waals surface area (Å²) in [6.45, 7) is 16.8. The first-order valence-corrected chi connectivity index (χ1v) is 11.7. The number of benzene rings is 2. The van der Waals surface area contributed by atoms with Gasteiger partial charge in [0.05, 0.1) is 0 Å². The molecular formula is C28H39NO3. The summed E-state index contributed by atoms with van der Waals surface area (Å²) in [5.41, 5.74) is 3.68. The third-order valence-corrected chi connectivity index (χ3v) is 6.75. The molecule has 4 nitrogen and oxygen atoms in total. The highest BCUT2D eigenvalue weighted by atomic mass is 16.5. The zero-order valence-electron chi connectivity index (χ0n) is 21.0. The van der Waals surface area contributed by atoms with Gasteiger partial charge < -0.3 is 10.1 Å². The third kappa shape index (κ3) is 5.99. The van der Waals surface area contributed by atoms with Crippen LogP contribution in [-0.4, -0.2) is 17.8 Å². The standard InChI is InChI=1S/C28H39NO3/c1-9-24(26(31)29-22-15-12-20(13-16-22)19(4)30)32-25-17-14-21(27(5,6)10-2)18-23(25)28(7,8)11-3/h12-18,24H,9-11H2,1-8H3,(H,29,31). The molecule has 1 amide bonds. The normalized spacial score (nSPS) is 12.9. The third-order valence-electron chi connectivity index (χ3n) is 6.75. The van der Waals surface area contributed by atoms with Crippen molar-refractivity contribution in [2.45, 2.75) is 91.6 Å². The van der Waals surface area contributed by atoms with Crippen LogP contribution >= 0.6 is 0 Å². The van der Waals surface area contributed by atoms with Gasteiger partial charge in [0.1, 0.15) is 5.75 Å². The molecule has 1 atom stereocenters. The Morgan fingerprint density at radius 1 is 0.906 bits per heavy atom. The average molecular weight is 438 g/mol. The molecule has 2 rings (SSSR count). The molecule has 0 aliphatic rings. The van der Waals surface area contributed by atoms with E-state index in [2.05, 4.69) is 59.0 Å². The Balaban J connectivity index is 2.31. The smallest absolute Gasteiger partial charge is 0.265 e. The Bertz CT molecular complexity index is 942. The molecule has 1 N–H and O–H groups in total. The van der Waals surface area contributed by atoms with Crippen LogP contribution in [0.15, 0.2) is 42.5 Å². The predicted octanol–water partition coefficient (Wildman–Crippen LogP) is 7.06. The topological polar surface area (TPSA) is 55.4 Å². The van der Waals surface area contributed by atoms with Crippen LogP contribution in [0.2, 0.25) is 0 Å². The van der Waals surface area contributed by atoms with E-state index in [1.54, 1.807) is 24.3 Å². The highest BCUT2D eigenvalue weighted by molar-refractivity contribution is 5.96. The minimum absolute atomic E-state index is 0.00147. The molecule has 0 bridgehead atoms. The van der Waals surface area contributed by atoms with E-state index in [0.717, 1.165) is 24.2 Å². The highest BCUT2D eigenvalue weighted by Gasteiger charge is 2.28. The van der Waals surface area contributed by atoms with Gasteiger partial charge in [0, 0.05) is 16.8 Å². The summed E-state index contributed by atoms with van der Waals surface area (Å²) in [4.78, 5) is 24.4. The lowest BCUT2D eigenvalue weighted by Gasteiger charge is -2.31. The van der Waals surface area contributed by atoms with Crippen LogP contribution in [0.5, 0.6) is 5.75 Å². The van der Waals surface area contributed by atoms with Crippen LogP contribution in [0.25, 0.3) is 0 Å². The molecule has 0 aliphatic carbocycles. The number of rotatable bonds is 10. The van der Waals surface area contributed by atoms with Gasteiger partial charge >= 0.3 is 0 Å². The summed E-state index contributed by atoms with van der Waals surface area (Å²) in [5.74, 6) is 0.570. The SMILES string of the molecule is CCC(Oc1ccc(C(C)(C)CC)cc1C(C)(C)CC)C(=O)Nc1ccc(C(C)=O)cc1. The van der Waals surface area contributed by atoms with E-state index in [9.17, 15) is 9.59 Å². The van der Waals surface area contributed by atoms with Gasteiger partial charge in [-0.05, 0) is 72.9 Å². The summed E-state index contributed by atoms with van der Waals surface area (Å²) < 4.78 is 6.31. The fourth-order valence-corrected chi connectivity index (χ4v) is 3.46. The van der Waals surface area contributed by atoms with Crippen molar-refractivity contribution in [2.75, 3.05) is 5.32 Å². The number of anilines is 1. The lowest BCUT2D eigenvalue weighted by atomic mass is 9.76. The number of carbonyl (C=O) groups excluding carboxylic acids is 2. The molecule has 0 spiro atoms. The molecule has 1 unspecified atom stereocenters. The number of hydrogen-bond donors (Lipinski definition) is 1. The Hall–Kier alpha value is -2.62. The monoisotopic (exact) mass is 437 g/mol. The molecule has 0 aromatic heterocycles. The van der Waals surface area contributed by atoms with Crippen LogP contribution in [0.3, 0.4) is 0 Å². The second-order valence-electron chi connectivity index (χ2n) is 9.82. The van der Waals surface area contributed by atoms with E-state index in [-0.39, 0.29) is 22.5 Å². The van der Waals surface area contributed by atoms with Gasteiger partial charge in [-0.15, -0.1) is 0 Å². The van der Waals surface area contributed by atoms with Gasteiger partial charge in [-0.25, -0.2) is 0 Å². The lowest BCUT2D eigenvalue weighted by molar-refractivity contribution is -0.122. The summed E-state index contributed by atoms with van der Waals surface area (Å²) in [7, 11) is 0. The van der Waals surface area contributed by atoms with Crippen molar-refractivity contribution in [3.05, 3.63) is 59.2 Å². The number of nitrogens with one attached hydrogen (secondary N) is 1. The molecule has 0 saturated heterocycles. The Labute approximate surface area is 193 Å². The van der Waals surface area contributed by atoms with Gasteiger partial charge in [-0.2, -0.15) is 0 Å². The maximum Gasteiger partial charge on any atom is 0.265 e. The van der Waals surface area contributed by atoms with Crippen LogP contribution in [0, 0.1) is 0 Å². The summed E-state index contributed by atoms with van der Waals surface area (Å²) in [6, 6.07) is 13.3. The first kappa shape index (κ1) is 25.6. The number of ketones is 1. The Morgan fingerprint density at radius 3 is 2.00 bits per heavy atom. The fourth-order valence-electron chi connectivity index (χ4n) is 3.46. The van der Waals surface area contributed by atoms with Crippen molar-refractivity contribution >= 4 is 17.4 Å². The van der Waals surface area contributed by atoms with Gasteiger partial charge in [0.15, 0.2) is 11.9 Å². The largest absolute Gasteiger partial charge is 0.480 e.